The summed E-state index contributed by atoms with van der Waals surface area (Å²) in [6, 6.07) is 4.48. The van der Waals surface area contributed by atoms with Gasteiger partial charge < -0.3 is 11.1 Å². The fourth-order valence-electron chi connectivity index (χ4n) is 2.29. The molecule has 2 unspecified atom stereocenters. The van der Waals surface area contributed by atoms with Crippen molar-refractivity contribution in [3.63, 3.8) is 0 Å². The zero-order valence-electron chi connectivity index (χ0n) is 9.96. The Bertz CT molecular complexity index is 453. The number of carbonyl (C=O) groups excluding carboxylic acids is 1. The maximum atomic E-state index is 13.0. The molecular formula is C13H16FIN2O. The van der Waals surface area contributed by atoms with Crippen LogP contribution in [0.15, 0.2) is 18.2 Å². The van der Waals surface area contributed by atoms with E-state index in [1.54, 1.807) is 6.07 Å². The molecular weight excluding hydrogens is 346 g/mol. The second-order valence-electron chi connectivity index (χ2n) is 4.74. The van der Waals surface area contributed by atoms with Crippen LogP contribution in [0.3, 0.4) is 0 Å². The third-order valence-corrected chi connectivity index (χ3v) is 4.17. The molecule has 2 atom stereocenters. The quantitative estimate of drug-likeness (QED) is 0.795. The predicted octanol–water partition coefficient (Wildman–Crippen LogP) is 2.89. The van der Waals surface area contributed by atoms with Gasteiger partial charge in [-0.1, -0.05) is 6.42 Å². The molecule has 0 aliphatic heterocycles. The van der Waals surface area contributed by atoms with Gasteiger partial charge in [0.25, 0.3) is 0 Å². The van der Waals surface area contributed by atoms with Crippen LogP contribution in [0.25, 0.3) is 0 Å². The fraction of sp³-hybridized carbons (Fsp3) is 0.462. The minimum absolute atomic E-state index is 0.00493. The summed E-state index contributed by atoms with van der Waals surface area (Å²) in [4.78, 5) is 12.1. The van der Waals surface area contributed by atoms with Crippen molar-refractivity contribution in [2.24, 2.45) is 11.7 Å². The van der Waals surface area contributed by atoms with Gasteiger partial charge in [0.15, 0.2) is 0 Å². The van der Waals surface area contributed by atoms with Crippen LogP contribution in [0.2, 0.25) is 0 Å². The highest BCUT2D eigenvalue weighted by atomic mass is 127. The molecule has 2 rings (SSSR count). The van der Waals surface area contributed by atoms with Crippen molar-refractivity contribution in [2.45, 2.75) is 31.7 Å². The molecule has 1 fully saturated rings. The first-order valence-corrected chi connectivity index (χ1v) is 7.15. The molecule has 1 saturated carbocycles. The van der Waals surface area contributed by atoms with E-state index < -0.39 is 0 Å². The monoisotopic (exact) mass is 362 g/mol. The van der Waals surface area contributed by atoms with Crippen molar-refractivity contribution in [1.29, 1.82) is 0 Å². The fourth-order valence-corrected chi connectivity index (χ4v) is 2.90. The molecule has 1 aliphatic rings. The molecule has 18 heavy (non-hydrogen) atoms. The Kier molecular flexibility index (Phi) is 4.55. The van der Waals surface area contributed by atoms with Crippen LogP contribution < -0.4 is 11.1 Å². The van der Waals surface area contributed by atoms with Crippen molar-refractivity contribution in [3.05, 3.63) is 27.6 Å². The molecule has 1 aliphatic carbocycles. The van der Waals surface area contributed by atoms with E-state index in [0.717, 1.165) is 25.7 Å². The highest BCUT2D eigenvalue weighted by molar-refractivity contribution is 14.1. The Morgan fingerprint density at radius 3 is 2.89 bits per heavy atom. The third-order valence-electron chi connectivity index (χ3n) is 3.27. The molecule has 98 valence electrons. The SMILES string of the molecule is NC1CCCC(C(=O)Nc2ccc(F)cc2I)C1. The maximum Gasteiger partial charge on any atom is 0.227 e. The molecule has 0 bridgehead atoms. The number of benzene rings is 1. The zero-order valence-corrected chi connectivity index (χ0v) is 12.1. The second-order valence-corrected chi connectivity index (χ2v) is 5.90. The van der Waals surface area contributed by atoms with E-state index in [2.05, 4.69) is 5.32 Å². The number of rotatable bonds is 2. The number of halogens is 2. The first-order chi connectivity index (χ1) is 8.56. The van der Waals surface area contributed by atoms with Gasteiger partial charge in [0.05, 0.1) is 5.69 Å². The van der Waals surface area contributed by atoms with Gasteiger partial charge in [0, 0.05) is 15.5 Å². The van der Waals surface area contributed by atoms with Gasteiger partial charge in [-0.25, -0.2) is 4.39 Å². The lowest BCUT2D eigenvalue weighted by molar-refractivity contribution is -0.120. The summed E-state index contributed by atoms with van der Waals surface area (Å²) in [6.07, 6.45) is 3.62. The molecule has 0 heterocycles. The summed E-state index contributed by atoms with van der Waals surface area (Å²) in [5.74, 6) is -0.318. The number of amides is 1. The maximum absolute atomic E-state index is 13.0. The Hall–Kier alpha value is -0.690. The summed E-state index contributed by atoms with van der Waals surface area (Å²) >= 11 is 2.01. The van der Waals surface area contributed by atoms with Gasteiger partial charge in [-0.05, 0) is 60.1 Å². The van der Waals surface area contributed by atoms with Crippen LogP contribution in [-0.4, -0.2) is 11.9 Å². The molecule has 1 aromatic rings. The van der Waals surface area contributed by atoms with E-state index in [9.17, 15) is 9.18 Å². The van der Waals surface area contributed by atoms with Crippen molar-refractivity contribution in [1.82, 2.24) is 0 Å². The number of anilines is 1. The van der Waals surface area contributed by atoms with Crippen LogP contribution in [0.1, 0.15) is 25.7 Å². The standard InChI is InChI=1S/C13H16FIN2O/c14-9-4-5-12(11(15)7-9)17-13(18)8-2-1-3-10(16)6-8/h4-5,7-8,10H,1-3,6,16H2,(H,17,18). The molecule has 0 aromatic heterocycles. The van der Waals surface area contributed by atoms with Gasteiger partial charge in [-0.3, -0.25) is 4.79 Å². The molecule has 0 spiro atoms. The predicted molar refractivity (Wildman–Crippen MR) is 77.7 cm³/mol. The van der Waals surface area contributed by atoms with Crippen LogP contribution in [-0.2, 0) is 4.79 Å². The van der Waals surface area contributed by atoms with Crippen molar-refractivity contribution < 1.29 is 9.18 Å². The third kappa shape index (κ3) is 3.41. The first kappa shape index (κ1) is 13.7. The minimum Gasteiger partial charge on any atom is -0.328 e. The van der Waals surface area contributed by atoms with Crippen LogP contribution >= 0.6 is 22.6 Å². The first-order valence-electron chi connectivity index (χ1n) is 6.08. The van der Waals surface area contributed by atoms with E-state index in [0.29, 0.717) is 9.26 Å². The van der Waals surface area contributed by atoms with Crippen molar-refractivity contribution in [2.75, 3.05) is 5.32 Å². The average molecular weight is 362 g/mol. The van der Waals surface area contributed by atoms with Crippen molar-refractivity contribution in [3.8, 4) is 0 Å². The molecule has 1 amide bonds. The number of hydrogen-bond acceptors (Lipinski definition) is 2. The van der Waals surface area contributed by atoms with Crippen LogP contribution in [0.5, 0.6) is 0 Å². The lowest BCUT2D eigenvalue weighted by Crippen LogP contribution is -2.34. The van der Waals surface area contributed by atoms with Gasteiger partial charge in [-0.15, -0.1) is 0 Å². The lowest BCUT2D eigenvalue weighted by Gasteiger charge is -2.25. The topological polar surface area (TPSA) is 55.1 Å². The number of nitrogens with two attached hydrogens (primary N) is 1. The van der Waals surface area contributed by atoms with Crippen LogP contribution in [0.4, 0.5) is 10.1 Å². The second kappa shape index (κ2) is 5.97. The highest BCUT2D eigenvalue weighted by Gasteiger charge is 2.25. The van der Waals surface area contributed by atoms with E-state index in [4.69, 9.17) is 5.73 Å². The van der Waals surface area contributed by atoms with E-state index in [-0.39, 0.29) is 23.7 Å². The Balaban J connectivity index is 2.02. The minimum atomic E-state index is -0.294. The summed E-state index contributed by atoms with van der Waals surface area (Å²) in [6.45, 7) is 0. The highest BCUT2D eigenvalue weighted by Crippen LogP contribution is 2.26. The van der Waals surface area contributed by atoms with Crippen molar-refractivity contribution >= 4 is 34.2 Å². The Morgan fingerprint density at radius 2 is 2.22 bits per heavy atom. The van der Waals surface area contributed by atoms with E-state index in [1.165, 1.54) is 12.1 Å². The van der Waals surface area contributed by atoms with E-state index in [1.807, 2.05) is 22.6 Å². The smallest absolute Gasteiger partial charge is 0.227 e. The van der Waals surface area contributed by atoms with Gasteiger partial charge in [0.1, 0.15) is 5.82 Å². The van der Waals surface area contributed by atoms with Gasteiger partial charge in [-0.2, -0.15) is 0 Å². The van der Waals surface area contributed by atoms with Crippen LogP contribution in [0, 0.1) is 15.3 Å². The number of nitrogens with one attached hydrogen (secondary N) is 1. The summed E-state index contributed by atoms with van der Waals surface area (Å²) in [5.41, 5.74) is 6.54. The number of carbonyl (C=O) groups is 1. The number of hydrogen-bond donors (Lipinski definition) is 2. The Labute approximate surface area is 119 Å². The normalized spacial score (nSPS) is 23.7. The summed E-state index contributed by atoms with van der Waals surface area (Å²) in [5, 5.41) is 2.86. The summed E-state index contributed by atoms with van der Waals surface area (Å²) < 4.78 is 13.7. The molecule has 0 radical (unpaired) electrons. The largest absolute Gasteiger partial charge is 0.328 e. The van der Waals surface area contributed by atoms with Gasteiger partial charge in [0.2, 0.25) is 5.91 Å². The molecule has 0 saturated heterocycles. The molecule has 5 heteroatoms. The molecule has 3 N–H and O–H groups in total. The Morgan fingerprint density at radius 1 is 1.44 bits per heavy atom. The average Bonchev–Trinajstić information content (AvgIpc) is 2.32. The molecule has 1 aromatic carbocycles. The lowest BCUT2D eigenvalue weighted by atomic mass is 9.85. The van der Waals surface area contributed by atoms with Gasteiger partial charge >= 0.3 is 0 Å². The molecule has 3 nitrogen and oxygen atoms in total. The van der Waals surface area contributed by atoms with E-state index >= 15 is 0 Å². The summed E-state index contributed by atoms with van der Waals surface area (Å²) in [7, 11) is 0. The zero-order chi connectivity index (χ0) is 13.1.